The first kappa shape index (κ1) is 24.6. The van der Waals surface area contributed by atoms with Gasteiger partial charge in [0.25, 0.3) is 0 Å². The highest BCUT2D eigenvalue weighted by Crippen LogP contribution is 2.38. The molecular weight excluding hydrogens is 492 g/mol. The Balaban J connectivity index is 1.46. The van der Waals surface area contributed by atoms with Gasteiger partial charge in [-0.3, -0.25) is 9.59 Å². The van der Waals surface area contributed by atoms with Crippen molar-refractivity contribution in [3.05, 3.63) is 76.4 Å². The normalized spacial score (nSPS) is 22.2. The molecule has 37 heavy (non-hydrogen) atoms. The number of H-pyrrole nitrogens is 1. The highest BCUT2D eigenvalue weighted by atomic mass is 35.5. The van der Waals surface area contributed by atoms with Gasteiger partial charge in [0.05, 0.1) is 17.1 Å². The smallest absolute Gasteiger partial charge is 0.207 e. The number of para-hydroxylation sites is 1. The van der Waals surface area contributed by atoms with Crippen LogP contribution in [0.4, 0.5) is 5.82 Å². The Morgan fingerprint density at radius 2 is 2.08 bits per heavy atom. The zero-order valence-electron chi connectivity index (χ0n) is 20.1. The number of fused-ring (bicyclic) bond motifs is 1. The van der Waals surface area contributed by atoms with Crippen molar-refractivity contribution in [2.75, 3.05) is 13.1 Å². The predicted octanol–water partition coefficient (Wildman–Crippen LogP) is 4.10. The number of likely N-dealkylation sites (tertiary alicyclic amines) is 1. The fourth-order valence-corrected chi connectivity index (χ4v) is 5.14. The van der Waals surface area contributed by atoms with Crippen LogP contribution in [-0.2, 0) is 4.79 Å². The molecule has 2 aliphatic heterocycles. The van der Waals surface area contributed by atoms with Gasteiger partial charge in [0, 0.05) is 53.8 Å². The lowest BCUT2D eigenvalue weighted by Crippen LogP contribution is -2.53. The maximum Gasteiger partial charge on any atom is 0.207 e. The molecule has 3 aromatic rings. The maximum absolute atomic E-state index is 13.7. The molecule has 2 aromatic carbocycles. The van der Waals surface area contributed by atoms with E-state index in [4.69, 9.17) is 16.3 Å². The largest absolute Gasteiger partial charge is 0.457 e. The number of nitrogens with zero attached hydrogens (tertiary/aromatic N) is 3. The summed E-state index contributed by atoms with van der Waals surface area (Å²) in [6, 6.07) is 13.3. The lowest BCUT2D eigenvalue weighted by molar-refractivity contribution is -0.110. The minimum atomic E-state index is -0.488. The van der Waals surface area contributed by atoms with Crippen LogP contribution in [0.2, 0.25) is 5.02 Å². The van der Waals surface area contributed by atoms with E-state index in [2.05, 4.69) is 26.8 Å². The Kier molecular flexibility index (Phi) is 6.70. The van der Waals surface area contributed by atoms with Crippen LogP contribution < -0.4 is 15.4 Å². The highest BCUT2D eigenvalue weighted by Gasteiger charge is 2.41. The number of carbonyl (C=O) groups excluding carboxylic acids is 2. The van der Waals surface area contributed by atoms with Crippen LogP contribution in [0, 0.1) is 11.5 Å². The van der Waals surface area contributed by atoms with Crippen LogP contribution in [0.3, 0.4) is 0 Å². The Morgan fingerprint density at radius 1 is 1.27 bits per heavy atom. The van der Waals surface area contributed by atoms with E-state index in [9.17, 15) is 14.9 Å². The molecule has 0 bridgehead atoms. The number of ether oxygens (including phenoxy) is 1. The predicted molar refractivity (Wildman–Crippen MR) is 139 cm³/mol. The zero-order valence-corrected chi connectivity index (χ0v) is 20.8. The summed E-state index contributed by atoms with van der Waals surface area (Å²) in [7, 11) is 0. The summed E-state index contributed by atoms with van der Waals surface area (Å²) in [5.74, 6) is 1.43. The second-order valence-corrected chi connectivity index (χ2v) is 9.80. The lowest BCUT2D eigenvalue weighted by Gasteiger charge is -2.36. The van der Waals surface area contributed by atoms with Gasteiger partial charge in [-0.2, -0.15) is 5.26 Å². The Bertz CT molecular complexity index is 1400. The van der Waals surface area contributed by atoms with Gasteiger partial charge in [0.2, 0.25) is 6.41 Å². The molecule has 3 N–H and O–H groups in total. The Hall–Kier alpha value is -4.13. The molecule has 0 spiro atoms. The van der Waals surface area contributed by atoms with Gasteiger partial charge in [-0.05, 0) is 37.6 Å². The number of nitrogens with one attached hydrogen (secondary N) is 3. The minimum Gasteiger partial charge on any atom is -0.457 e. The van der Waals surface area contributed by atoms with Crippen molar-refractivity contribution in [3.8, 4) is 17.7 Å². The van der Waals surface area contributed by atoms with Crippen LogP contribution in [-0.4, -0.2) is 53.0 Å². The molecule has 0 radical (unpaired) electrons. The summed E-state index contributed by atoms with van der Waals surface area (Å²) in [5, 5.41) is 16.0. The average molecular weight is 517 g/mol. The van der Waals surface area contributed by atoms with Gasteiger partial charge in [-0.15, -0.1) is 0 Å². The summed E-state index contributed by atoms with van der Waals surface area (Å²) < 4.78 is 5.84. The van der Waals surface area contributed by atoms with E-state index in [-0.39, 0.29) is 10.8 Å². The first-order chi connectivity index (χ1) is 17.9. The van der Waals surface area contributed by atoms with Crippen molar-refractivity contribution in [3.63, 3.8) is 0 Å². The molecule has 2 aliphatic rings. The zero-order chi connectivity index (χ0) is 26.0. The van der Waals surface area contributed by atoms with Gasteiger partial charge in [0.1, 0.15) is 17.3 Å². The Morgan fingerprint density at radius 3 is 2.78 bits per heavy atom. The summed E-state index contributed by atoms with van der Waals surface area (Å²) in [6.07, 6.45) is 6.80. The molecule has 1 aromatic heterocycles. The van der Waals surface area contributed by atoms with Crippen LogP contribution in [0.5, 0.6) is 11.5 Å². The number of aromatic nitrogens is 1. The van der Waals surface area contributed by atoms with E-state index >= 15 is 0 Å². The van der Waals surface area contributed by atoms with Crippen LogP contribution in [0.15, 0.2) is 59.7 Å². The van der Waals surface area contributed by atoms with Crippen molar-refractivity contribution in [1.82, 2.24) is 20.5 Å². The van der Waals surface area contributed by atoms with Crippen LogP contribution in [0.1, 0.15) is 40.9 Å². The number of rotatable bonds is 8. The second-order valence-electron chi connectivity index (χ2n) is 9.39. The van der Waals surface area contributed by atoms with E-state index in [1.807, 2.05) is 37.3 Å². The lowest BCUT2D eigenvalue weighted by atomic mass is 9.89. The van der Waals surface area contributed by atoms with Crippen molar-refractivity contribution in [2.45, 2.75) is 31.0 Å². The molecule has 3 heterocycles. The maximum atomic E-state index is 13.7. The molecule has 10 heteroatoms. The van der Waals surface area contributed by atoms with Crippen molar-refractivity contribution in [2.24, 2.45) is 4.99 Å². The van der Waals surface area contributed by atoms with Crippen molar-refractivity contribution in [1.29, 1.82) is 5.26 Å². The second kappa shape index (κ2) is 10.1. The number of ketones is 1. The number of aliphatic imine (C=N–C) groups is 1. The number of aromatic amines is 1. The third-order valence-corrected chi connectivity index (χ3v) is 7.03. The number of benzene rings is 2. The minimum absolute atomic E-state index is 0.257. The monoisotopic (exact) mass is 516 g/mol. The van der Waals surface area contributed by atoms with E-state index in [1.165, 1.54) is 0 Å². The average Bonchev–Trinajstić information content (AvgIpc) is 3.50. The molecule has 188 valence electrons. The number of carbonyl (C=O) groups is 2. The molecular formula is C27H25ClN6O3. The summed E-state index contributed by atoms with van der Waals surface area (Å²) >= 11 is 6.55. The van der Waals surface area contributed by atoms with E-state index in [0.29, 0.717) is 53.5 Å². The molecule has 5 rings (SSSR count). The fourth-order valence-electron chi connectivity index (χ4n) is 4.89. The first-order valence-corrected chi connectivity index (χ1v) is 12.2. The molecule has 0 aliphatic carbocycles. The van der Waals surface area contributed by atoms with Crippen molar-refractivity contribution >= 4 is 35.8 Å². The molecule has 9 nitrogen and oxygen atoms in total. The van der Waals surface area contributed by atoms with E-state index in [0.717, 1.165) is 6.42 Å². The van der Waals surface area contributed by atoms with Crippen LogP contribution >= 0.6 is 11.6 Å². The summed E-state index contributed by atoms with van der Waals surface area (Å²) in [4.78, 5) is 34.3. The molecule has 1 saturated heterocycles. The number of halogens is 1. The summed E-state index contributed by atoms with van der Waals surface area (Å²) in [6.45, 7) is 3.18. The third kappa shape index (κ3) is 4.94. The number of nitriles is 1. The van der Waals surface area contributed by atoms with Crippen LogP contribution in [0.25, 0.3) is 0 Å². The van der Waals surface area contributed by atoms with Gasteiger partial charge in [0.15, 0.2) is 12.0 Å². The number of amides is 1. The SMILES string of the molecule is CC1(NC2c3c(C(=O)c4ccc(Oc5ccccc5)cc4Cl)c[nH]c3N=CC2NC=O)CCN(C#N)C1. The number of hydrogen-bond acceptors (Lipinski definition) is 7. The van der Waals surface area contributed by atoms with Gasteiger partial charge >= 0.3 is 0 Å². The summed E-state index contributed by atoms with van der Waals surface area (Å²) in [5.41, 5.74) is 0.959. The highest BCUT2D eigenvalue weighted by molar-refractivity contribution is 6.35. The van der Waals surface area contributed by atoms with E-state index < -0.39 is 17.6 Å². The quantitative estimate of drug-likeness (QED) is 0.235. The Labute approximate surface area is 219 Å². The molecule has 3 atom stereocenters. The van der Waals surface area contributed by atoms with Gasteiger partial charge in [-0.25, -0.2) is 4.99 Å². The molecule has 0 saturated carbocycles. The molecule has 3 unspecified atom stereocenters. The first-order valence-electron chi connectivity index (χ1n) is 11.9. The fraction of sp³-hybridized carbons (Fsp3) is 0.259. The molecule has 1 fully saturated rings. The van der Waals surface area contributed by atoms with Gasteiger partial charge < -0.3 is 25.3 Å². The van der Waals surface area contributed by atoms with Gasteiger partial charge in [-0.1, -0.05) is 29.8 Å². The van der Waals surface area contributed by atoms with Crippen molar-refractivity contribution < 1.29 is 14.3 Å². The molecule has 1 amide bonds. The number of hydrogen-bond donors (Lipinski definition) is 3. The topological polar surface area (TPSA) is 123 Å². The van der Waals surface area contributed by atoms with E-state index in [1.54, 1.807) is 35.5 Å². The third-order valence-electron chi connectivity index (χ3n) is 6.72. The standard InChI is InChI=1S/C27H25ClN6O3/c1-27(9-10-34(14-27)15-29)33-24-22(32-16-35)13-31-26-23(24)20(12-30-26)25(36)19-8-7-18(11-21(19)28)37-17-5-3-2-4-6-17/h2-8,11-13,16,22,24,30,33H,9-10,14H2,1H3,(H,32,35).